The van der Waals surface area contributed by atoms with Crippen molar-refractivity contribution < 1.29 is 0 Å². The zero-order chi connectivity index (χ0) is 62.9. The van der Waals surface area contributed by atoms with Crippen molar-refractivity contribution >= 4 is 87.2 Å². The van der Waals surface area contributed by atoms with Crippen molar-refractivity contribution in [3.8, 4) is 84.6 Å². The van der Waals surface area contributed by atoms with Crippen LogP contribution in [0.2, 0.25) is 0 Å². The van der Waals surface area contributed by atoms with E-state index in [9.17, 15) is 5.26 Å². The molecule has 13 aromatic carbocycles. The van der Waals surface area contributed by atoms with Crippen molar-refractivity contribution in [3.63, 3.8) is 0 Å². The maximum absolute atomic E-state index is 12.7. The Balaban J connectivity index is 1.00. The van der Waals surface area contributed by atoms with E-state index in [1.54, 1.807) is 0 Å². The minimum atomic E-state index is 0.529. The van der Waals surface area contributed by atoms with Crippen LogP contribution in [-0.4, -0.2) is 23.3 Å². The van der Waals surface area contributed by atoms with Crippen LogP contribution in [-0.2, 0) is 0 Å². The highest BCUT2D eigenvalue weighted by atomic mass is 15.0. The number of nitrogens with zero attached hydrogens (tertiary/aromatic N) is 6. The van der Waals surface area contributed by atoms with Crippen LogP contribution in [0.1, 0.15) is 27.9 Å². The Hall–Kier alpha value is -12.3. The smallest absolute Gasteiger partial charge is 0.101 e. The quantitative estimate of drug-likeness (QED) is 0.145. The summed E-state index contributed by atoms with van der Waals surface area (Å²) in [6, 6.07) is 109. The first-order valence-electron chi connectivity index (χ1n) is 32.2. The summed E-state index contributed by atoms with van der Waals surface area (Å²) in [5, 5.41) is 22.2. The van der Waals surface area contributed by atoms with Gasteiger partial charge in [0.05, 0.1) is 55.4 Å². The molecule has 6 heteroatoms. The standard InChI is InChI=1S/C88H60N6/c1-54-37-44-81-71(47-54)68-28-7-12-34-78(68)92(81)63-23-16-20-59(50-63)85-84(58-40-42-62(43-41-58)91-76-32-10-5-26-66(76)67-27-6-11-33-77(67)91)74(53-89)88(75-31-15-19-57(4)90-75)87(61-22-18-25-65(52-61)94-80-36-14-9-30-70(80)73-49-56(3)39-46-83(73)94)86(85)60-21-17-24-64(51-60)93-79-35-13-8-29-69(79)72-48-55(2)38-45-82(72)93/h5-52H,1-4H3. The Morgan fingerprint density at radius 1 is 0.255 bits per heavy atom. The summed E-state index contributed by atoms with van der Waals surface area (Å²) in [5.41, 5.74) is 26.9. The van der Waals surface area contributed by atoms with E-state index in [2.05, 4.69) is 330 Å². The van der Waals surface area contributed by atoms with Gasteiger partial charge in [-0.2, -0.15) is 5.26 Å². The zero-order valence-corrected chi connectivity index (χ0v) is 52.4. The summed E-state index contributed by atoms with van der Waals surface area (Å²) in [7, 11) is 0. The molecule has 0 amide bonds. The Morgan fingerprint density at radius 2 is 0.585 bits per heavy atom. The van der Waals surface area contributed by atoms with Crippen LogP contribution in [0, 0.1) is 39.0 Å². The summed E-state index contributed by atoms with van der Waals surface area (Å²) in [6.45, 7) is 8.55. The van der Waals surface area contributed by atoms with Gasteiger partial charge in [-0.05, 0) is 188 Å². The summed E-state index contributed by atoms with van der Waals surface area (Å²) in [6.07, 6.45) is 0. The van der Waals surface area contributed by atoms with Gasteiger partial charge >= 0.3 is 0 Å². The van der Waals surface area contributed by atoms with Crippen molar-refractivity contribution in [1.82, 2.24) is 23.3 Å². The molecule has 18 aromatic rings. The minimum Gasteiger partial charge on any atom is -0.309 e. The topological polar surface area (TPSA) is 56.4 Å². The van der Waals surface area contributed by atoms with Crippen LogP contribution in [0.25, 0.3) is 166 Å². The summed E-state index contributed by atoms with van der Waals surface area (Å²) >= 11 is 0. The van der Waals surface area contributed by atoms with Gasteiger partial charge in [-0.25, -0.2) is 0 Å². The lowest BCUT2D eigenvalue weighted by Gasteiger charge is -2.27. The SMILES string of the molecule is Cc1ccc2c(c1)c1ccccc1n2-c1cccc(-c2c(-c3ccc(-n4c5ccccc5c5ccccc54)cc3)c(C#N)c(-c3cccc(C)n3)c(-c3cccc(-n4c5ccccc5c5cc(C)ccc54)c3)c2-c2cccc(-n3c4ccccc4c4cc(C)ccc43)c2)c1. The third kappa shape index (κ3) is 8.45. The van der Waals surface area contributed by atoms with Crippen LogP contribution >= 0.6 is 0 Å². The molecule has 0 N–H and O–H groups in total. The molecule has 5 heterocycles. The average Bonchev–Trinajstić information content (AvgIpc) is 1.16. The highest BCUT2D eigenvalue weighted by Gasteiger charge is 2.31. The highest BCUT2D eigenvalue weighted by Crippen LogP contribution is 2.54. The number of pyridine rings is 1. The van der Waals surface area contributed by atoms with Crippen molar-refractivity contribution in [2.75, 3.05) is 0 Å². The number of rotatable bonds is 9. The molecule has 0 aliphatic rings. The fourth-order valence-electron chi connectivity index (χ4n) is 15.4. The molecule has 442 valence electrons. The average molecular weight is 1200 g/mol. The first kappa shape index (κ1) is 54.6. The fourth-order valence-corrected chi connectivity index (χ4v) is 15.4. The number of fused-ring (bicyclic) bond motifs is 12. The first-order chi connectivity index (χ1) is 46.2. The first-order valence-corrected chi connectivity index (χ1v) is 32.2. The molecular formula is C88H60N6. The van der Waals surface area contributed by atoms with E-state index >= 15 is 0 Å². The monoisotopic (exact) mass is 1200 g/mol. The molecule has 94 heavy (non-hydrogen) atoms. The molecule has 0 bridgehead atoms. The molecule has 0 radical (unpaired) electrons. The van der Waals surface area contributed by atoms with Gasteiger partial charge in [0.25, 0.3) is 0 Å². The maximum atomic E-state index is 12.7. The van der Waals surface area contributed by atoms with Crippen molar-refractivity contribution in [3.05, 3.63) is 319 Å². The fraction of sp³-hybridized carbons (Fsp3) is 0.0455. The van der Waals surface area contributed by atoms with Crippen LogP contribution < -0.4 is 0 Å². The second-order valence-electron chi connectivity index (χ2n) is 25.2. The molecule has 0 atom stereocenters. The lowest BCUT2D eigenvalue weighted by Crippen LogP contribution is -2.05. The second kappa shape index (κ2) is 21.4. The van der Waals surface area contributed by atoms with Crippen molar-refractivity contribution in [2.24, 2.45) is 0 Å². The third-order valence-electron chi connectivity index (χ3n) is 19.4. The highest BCUT2D eigenvalue weighted by molar-refractivity contribution is 6.15. The lowest BCUT2D eigenvalue weighted by molar-refractivity contribution is 1.18. The van der Waals surface area contributed by atoms with E-state index in [-0.39, 0.29) is 0 Å². The molecule has 18 rings (SSSR count). The minimum absolute atomic E-state index is 0.529. The number of aryl methyl sites for hydroxylation is 4. The number of benzene rings is 13. The molecule has 0 aliphatic carbocycles. The summed E-state index contributed by atoms with van der Waals surface area (Å²) < 4.78 is 9.59. The predicted octanol–water partition coefficient (Wildman–Crippen LogP) is 22.9. The molecule has 0 fully saturated rings. The maximum Gasteiger partial charge on any atom is 0.101 e. The summed E-state index contributed by atoms with van der Waals surface area (Å²) in [4.78, 5) is 5.46. The van der Waals surface area contributed by atoms with Crippen LogP contribution in [0.4, 0.5) is 0 Å². The molecule has 0 unspecified atom stereocenters. The molecule has 5 aromatic heterocycles. The molecular weight excluding hydrogens is 1140 g/mol. The molecule has 0 spiro atoms. The lowest BCUT2D eigenvalue weighted by atomic mass is 9.76. The van der Waals surface area contributed by atoms with E-state index in [4.69, 9.17) is 4.98 Å². The van der Waals surface area contributed by atoms with E-state index in [0.29, 0.717) is 11.3 Å². The van der Waals surface area contributed by atoms with Crippen LogP contribution in [0.5, 0.6) is 0 Å². The van der Waals surface area contributed by atoms with E-state index in [0.717, 1.165) is 123 Å². The van der Waals surface area contributed by atoms with Crippen LogP contribution in [0.15, 0.2) is 291 Å². The Bertz CT molecular complexity index is 6180. The molecule has 0 saturated carbocycles. The van der Waals surface area contributed by atoms with Gasteiger partial charge in [0, 0.05) is 88.2 Å². The largest absolute Gasteiger partial charge is 0.309 e. The van der Waals surface area contributed by atoms with Gasteiger partial charge in [0.2, 0.25) is 0 Å². The zero-order valence-electron chi connectivity index (χ0n) is 52.4. The molecule has 0 aliphatic heterocycles. The van der Waals surface area contributed by atoms with Gasteiger partial charge in [-0.1, -0.05) is 180 Å². The number of aromatic nitrogens is 5. The predicted molar refractivity (Wildman–Crippen MR) is 392 cm³/mol. The van der Waals surface area contributed by atoms with E-state index < -0.39 is 0 Å². The van der Waals surface area contributed by atoms with E-state index in [1.807, 2.05) is 13.0 Å². The van der Waals surface area contributed by atoms with Gasteiger partial charge < -0.3 is 18.3 Å². The van der Waals surface area contributed by atoms with Gasteiger partial charge in [0.15, 0.2) is 0 Å². The van der Waals surface area contributed by atoms with Gasteiger partial charge in [-0.3, -0.25) is 4.98 Å². The number of para-hydroxylation sites is 5. The molecule has 0 saturated heterocycles. The third-order valence-corrected chi connectivity index (χ3v) is 19.4. The van der Waals surface area contributed by atoms with Crippen molar-refractivity contribution in [1.29, 1.82) is 5.26 Å². The number of nitriles is 1. The van der Waals surface area contributed by atoms with Gasteiger partial charge in [-0.15, -0.1) is 0 Å². The Kier molecular flexibility index (Phi) is 12.4. The van der Waals surface area contributed by atoms with E-state index in [1.165, 1.54) is 59.8 Å². The Morgan fingerprint density at radius 3 is 0.968 bits per heavy atom. The number of hydrogen-bond donors (Lipinski definition) is 0. The van der Waals surface area contributed by atoms with Crippen LogP contribution in [0.3, 0.4) is 0 Å². The molecule has 6 nitrogen and oxygen atoms in total. The number of hydrogen-bond acceptors (Lipinski definition) is 2. The summed E-state index contributed by atoms with van der Waals surface area (Å²) in [5.74, 6) is 0. The normalized spacial score (nSPS) is 11.8. The van der Waals surface area contributed by atoms with Crippen molar-refractivity contribution in [2.45, 2.75) is 27.7 Å². The Labute approximate surface area is 544 Å². The second-order valence-corrected chi connectivity index (χ2v) is 25.2. The van der Waals surface area contributed by atoms with Gasteiger partial charge in [0.1, 0.15) is 6.07 Å².